The van der Waals surface area contributed by atoms with Crippen molar-refractivity contribution in [1.82, 2.24) is 9.97 Å². The molecule has 2 rings (SSSR count). The van der Waals surface area contributed by atoms with E-state index in [-0.39, 0.29) is 24.1 Å². The number of hydrogen-bond acceptors (Lipinski definition) is 2. The van der Waals surface area contributed by atoms with Gasteiger partial charge in [-0.2, -0.15) is 26.3 Å². The maximum atomic E-state index is 12.7. The summed E-state index contributed by atoms with van der Waals surface area (Å²) in [6.45, 7) is 0. The lowest BCUT2D eigenvalue weighted by atomic mass is 9.94. The Morgan fingerprint density at radius 2 is 1.39 bits per heavy atom. The molecule has 1 aromatic heterocycles. The minimum absolute atomic E-state index is 0.0717. The van der Waals surface area contributed by atoms with Gasteiger partial charge in [0.2, 0.25) is 5.82 Å². The van der Waals surface area contributed by atoms with Gasteiger partial charge in [0, 0.05) is 11.3 Å². The molecular weight excluding hydrogens is 262 g/mol. The van der Waals surface area contributed by atoms with Crippen molar-refractivity contribution in [3.8, 4) is 0 Å². The summed E-state index contributed by atoms with van der Waals surface area (Å²) in [4.78, 5) is 5.89. The highest BCUT2D eigenvalue weighted by Crippen LogP contribution is 2.37. The molecule has 0 atom stereocenters. The number of nitrogens with zero attached hydrogens (tertiary/aromatic N) is 2. The second kappa shape index (κ2) is 4.10. The summed E-state index contributed by atoms with van der Waals surface area (Å²) in [6.07, 6.45) is -8.60. The van der Waals surface area contributed by atoms with Crippen LogP contribution < -0.4 is 0 Å². The Kier molecular flexibility index (Phi) is 2.98. The number of alkyl halides is 6. The predicted molar refractivity (Wildman–Crippen MR) is 48.7 cm³/mol. The van der Waals surface area contributed by atoms with Gasteiger partial charge >= 0.3 is 12.4 Å². The third kappa shape index (κ3) is 2.41. The molecular formula is C10H8F6N2. The number of hydrogen-bond donors (Lipinski definition) is 0. The highest BCUT2D eigenvalue weighted by Gasteiger charge is 2.42. The summed E-state index contributed by atoms with van der Waals surface area (Å²) in [5.74, 6) is -1.71. The Bertz CT molecular complexity index is 463. The number of aromatic nitrogens is 2. The van der Waals surface area contributed by atoms with Crippen LogP contribution in [0.3, 0.4) is 0 Å². The smallest absolute Gasteiger partial charge is 0.229 e. The molecule has 0 unspecified atom stereocenters. The third-order valence-electron chi connectivity index (χ3n) is 2.71. The van der Waals surface area contributed by atoms with Crippen LogP contribution in [0.4, 0.5) is 26.3 Å². The molecule has 0 spiro atoms. The van der Waals surface area contributed by atoms with Crippen molar-refractivity contribution in [2.24, 2.45) is 0 Å². The van der Waals surface area contributed by atoms with Crippen LogP contribution in [-0.4, -0.2) is 9.97 Å². The van der Waals surface area contributed by atoms with E-state index in [9.17, 15) is 26.3 Å². The fourth-order valence-corrected chi connectivity index (χ4v) is 1.96. The lowest BCUT2D eigenvalue weighted by Crippen LogP contribution is -2.23. The van der Waals surface area contributed by atoms with E-state index in [1.165, 1.54) is 0 Å². The van der Waals surface area contributed by atoms with Gasteiger partial charge in [0.15, 0.2) is 5.69 Å². The van der Waals surface area contributed by atoms with E-state index >= 15 is 0 Å². The van der Waals surface area contributed by atoms with Crippen LogP contribution >= 0.6 is 0 Å². The number of aryl methyl sites for hydroxylation is 1. The first-order valence-electron chi connectivity index (χ1n) is 5.24. The minimum Gasteiger partial charge on any atom is -0.229 e. The molecule has 0 aromatic carbocycles. The second-order valence-corrected chi connectivity index (χ2v) is 4.02. The predicted octanol–water partition coefficient (Wildman–Crippen LogP) is 3.39. The summed E-state index contributed by atoms with van der Waals surface area (Å²) in [7, 11) is 0. The summed E-state index contributed by atoms with van der Waals surface area (Å²) in [5.41, 5.74) is -1.77. The highest BCUT2D eigenvalue weighted by atomic mass is 19.4. The Hall–Kier alpha value is -1.34. The normalized spacial score (nSPS) is 16.6. The molecule has 1 aliphatic carbocycles. The summed E-state index contributed by atoms with van der Waals surface area (Å²) < 4.78 is 75.4. The first-order chi connectivity index (χ1) is 8.19. The standard InChI is InChI=1S/C10H8F6N2/c11-9(12,13)7-5-3-1-2-4-6(5)17-8(18-7)10(14,15)16/h1-4H2. The van der Waals surface area contributed by atoms with Crippen LogP contribution in [0, 0.1) is 0 Å². The first kappa shape index (κ1) is 13.1. The molecule has 0 saturated carbocycles. The molecule has 0 fully saturated rings. The lowest BCUT2D eigenvalue weighted by Gasteiger charge is -2.20. The van der Waals surface area contributed by atoms with Crippen LogP contribution in [0.15, 0.2) is 0 Å². The van der Waals surface area contributed by atoms with Gasteiger partial charge in [0.1, 0.15) is 0 Å². The molecule has 0 N–H and O–H groups in total. The van der Waals surface area contributed by atoms with E-state index in [2.05, 4.69) is 9.97 Å². The number of fused-ring (bicyclic) bond motifs is 1. The van der Waals surface area contributed by atoms with Crippen molar-refractivity contribution >= 4 is 0 Å². The Morgan fingerprint density at radius 1 is 0.778 bits per heavy atom. The first-order valence-corrected chi connectivity index (χ1v) is 5.24. The topological polar surface area (TPSA) is 25.8 Å². The van der Waals surface area contributed by atoms with Crippen LogP contribution in [0.25, 0.3) is 0 Å². The summed E-state index contributed by atoms with van der Waals surface area (Å²) >= 11 is 0. The molecule has 0 radical (unpaired) electrons. The molecule has 18 heavy (non-hydrogen) atoms. The van der Waals surface area contributed by atoms with Crippen molar-refractivity contribution in [1.29, 1.82) is 0 Å². The van der Waals surface area contributed by atoms with Gasteiger partial charge in [-0.15, -0.1) is 0 Å². The molecule has 2 nitrogen and oxygen atoms in total. The number of rotatable bonds is 0. The molecule has 1 heterocycles. The zero-order valence-corrected chi connectivity index (χ0v) is 8.99. The largest absolute Gasteiger partial charge is 0.451 e. The average Bonchev–Trinajstić information content (AvgIpc) is 2.25. The average molecular weight is 270 g/mol. The quantitative estimate of drug-likeness (QED) is 0.675. The van der Waals surface area contributed by atoms with E-state index in [0.717, 1.165) is 0 Å². The fraction of sp³-hybridized carbons (Fsp3) is 0.600. The molecule has 0 bridgehead atoms. The maximum absolute atomic E-state index is 12.7. The molecule has 0 amide bonds. The SMILES string of the molecule is FC(F)(F)c1nc2c(c(C(F)(F)F)n1)CCCC2. The molecule has 0 saturated heterocycles. The van der Waals surface area contributed by atoms with Gasteiger partial charge < -0.3 is 0 Å². The van der Waals surface area contributed by atoms with Crippen LogP contribution in [-0.2, 0) is 25.2 Å². The maximum Gasteiger partial charge on any atom is 0.451 e. The molecule has 1 aliphatic rings. The molecule has 0 aliphatic heterocycles. The third-order valence-corrected chi connectivity index (χ3v) is 2.71. The van der Waals surface area contributed by atoms with Gasteiger partial charge in [-0.1, -0.05) is 0 Å². The van der Waals surface area contributed by atoms with Crippen molar-refractivity contribution in [2.45, 2.75) is 38.0 Å². The lowest BCUT2D eigenvalue weighted by molar-refractivity contribution is -0.153. The highest BCUT2D eigenvalue weighted by molar-refractivity contribution is 5.30. The number of halogens is 6. The Balaban J connectivity index is 2.63. The molecule has 8 heteroatoms. The van der Waals surface area contributed by atoms with Crippen LogP contribution in [0.2, 0.25) is 0 Å². The van der Waals surface area contributed by atoms with Crippen molar-refractivity contribution in [3.63, 3.8) is 0 Å². The molecule has 100 valence electrons. The fourth-order valence-electron chi connectivity index (χ4n) is 1.96. The van der Waals surface area contributed by atoms with E-state index in [0.29, 0.717) is 12.8 Å². The Labute approximate surface area is 98.0 Å². The van der Waals surface area contributed by atoms with E-state index < -0.39 is 23.9 Å². The Morgan fingerprint density at radius 3 is 1.94 bits per heavy atom. The van der Waals surface area contributed by atoms with Gasteiger partial charge in [-0.25, -0.2) is 9.97 Å². The van der Waals surface area contributed by atoms with E-state index in [4.69, 9.17) is 0 Å². The monoisotopic (exact) mass is 270 g/mol. The van der Waals surface area contributed by atoms with Crippen LogP contribution in [0.1, 0.15) is 35.6 Å². The minimum atomic E-state index is -4.97. The van der Waals surface area contributed by atoms with Gasteiger partial charge in [-0.3, -0.25) is 0 Å². The van der Waals surface area contributed by atoms with Gasteiger partial charge in [-0.05, 0) is 25.7 Å². The zero-order valence-electron chi connectivity index (χ0n) is 8.99. The van der Waals surface area contributed by atoms with Crippen LogP contribution in [0.5, 0.6) is 0 Å². The van der Waals surface area contributed by atoms with E-state index in [1.807, 2.05) is 0 Å². The van der Waals surface area contributed by atoms with Crippen molar-refractivity contribution in [2.75, 3.05) is 0 Å². The van der Waals surface area contributed by atoms with Crippen molar-refractivity contribution in [3.05, 3.63) is 22.8 Å². The van der Waals surface area contributed by atoms with Gasteiger partial charge in [0.05, 0.1) is 0 Å². The van der Waals surface area contributed by atoms with Crippen molar-refractivity contribution < 1.29 is 26.3 Å². The van der Waals surface area contributed by atoms with E-state index in [1.54, 1.807) is 0 Å². The second-order valence-electron chi connectivity index (χ2n) is 4.02. The zero-order chi connectivity index (χ0) is 13.6. The summed E-state index contributed by atoms with van der Waals surface area (Å²) in [5, 5.41) is 0. The van der Waals surface area contributed by atoms with Gasteiger partial charge in [0.25, 0.3) is 0 Å². The molecule has 1 aromatic rings. The summed E-state index contributed by atoms with van der Waals surface area (Å²) in [6, 6.07) is 0.